The van der Waals surface area contributed by atoms with Gasteiger partial charge in [-0.05, 0) is 71.1 Å². The normalized spacial score (nSPS) is 17.2. The minimum absolute atomic E-state index is 0.0564. The molecule has 3 heterocycles. The van der Waals surface area contributed by atoms with Crippen LogP contribution >= 0.6 is 15.9 Å². The second-order valence-electron chi connectivity index (χ2n) is 8.02. The van der Waals surface area contributed by atoms with Crippen molar-refractivity contribution in [3.8, 4) is 0 Å². The molecule has 1 N–H and O–H groups in total. The predicted octanol–water partition coefficient (Wildman–Crippen LogP) is 3.86. The van der Waals surface area contributed by atoms with Gasteiger partial charge in [-0.25, -0.2) is 4.98 Å². The van der Waals surface area contributed by atoms with Crippen molar-refractivity contribution in [2.24, 2.45) is 5.92 Å². The number of carbonyl (C=O) groups is 3. The Hall–Kier alpha value is -3.00. The highest BCUT2D eigenvalue weighted by Gasteiger charge is 2.27. The Balaban J connectivity index is 1.26. The molecular formula is C24H25BrN4O3. The van der Waals surface area contributed by atoms with Crippen molar-refractivity contribution >= 4 is 51.2 Å². The lowest BCUT2D eigenvalue weighted by Crippen LogP contribution is -2.40. The molecule has 0 saturated carbocycles. The van der Waals surface area contributed by atoms with Crippen LogP contribution in [0.3, 0.4) is 0 Å². The molecule has 1 aromatic carbocycles. The highest BCUT2D eigenvalue weighted by atomic mass is 79.9. The number of carbonyl (C=O) groups excluding carboxylic acids is 3. The van der Waals surface area contributed by atoms with Gasteiger partial charge in [0.1, 0.15) is 5.82 Å². The minimum atomic E-state index is -0.130. The van der Waals surface area contributed by atoms with Crippen molar-refractivity contribution in [1.82, 2.24) is 9.88 Å². The smallest absolute Gasteiger partial charge is 0.246 e. The van der Waals surface area contributed by atoms with E-state index in [4.69, 9.17) is 0 Å². The Morgan fingerprint density at radius 1 is 1.06 bits per heavy atom. The highest BCUT2D eigenvalue weighted by molar-refractivity contribution is 9.10. The lowest BCUT2D eigenvalue weighted by Gasteiger charge is -2.30. The molecule has 0 spiro atoms. The molecule has 2 aliphatic rings. The van der Waals surface area contributed by atoms with Crippen molar-refractivity contribution in [3.63, 3.8) is 0 Å². The topological polar surface area (TPSA) is 82.6 Å². The van der Waals surface area contributed by atoms with Gasteiger partial charge in [0.15, 0.2) is 0 Å². The van der Waals surface area contributed by atoms with Crippen LogP contribution in [0.5, 0.6) is 0 Å². The van der Waals surface area contributed by atoms with Gasteiger partial charge >= 0.3 is 0 Å². The molecule has 2 aliphatic heterocycles. The molecule has 0 aliphatic carbocycles. The zero-order valence-corrected chi connectivity index (χ0v) is 19.3. The average Bonchev–Trinajstić information content (AvgIpc) is 3.25. The Labute approximate surface area is 195 Å². The Bertz CT molecular complexity index is 1010. The number of anilines is 2. The zero-order valence-electron chi connectivity index (χ0n) is 17.7. The highest BCUT2D eigenvalue weighted by Crippen LogP contribution is 2.23. The molecule has 32 heavy (non-hydrogen) atoms. The van der Waals surface area contributed by atoms with E-state index in [1.807, 2.05) is 30.3 Å². The third kappa shape index (κ3) is 5.43. The Morgan fingerprint density at radius 3 is 2.44 bits per heavy atom. The lowest BCUT2D eigenvalue weighted by molar-refractivity contribution is -0.130. The van der Waals surface area contributed by atoms with Crippen LogP contribution in [0.15, 0.2) is 53.1 Å². The first-order valence-corrected chi connectivity index (χ1v) is 11.6. The van der Waals surface area contributed by atoms with Gasteiger partial charge in [0.05, 0.1) is 0 Å². The fourth-order valence-electron chi connectivity index (χ4n) is 4.00. The van der Waals surface area contributed by atoms with E-state index in [0.29, 0.717) is 38.2 Å². The van der Waals surface area contributed by atoms with E-state index in [2.05, 4.69) is 26.2 Å². The van der Waals surface area contributed by atoms with E-state index in [-0.39, 0.29) is 23.6 Å². The predicted molar refractivity (Wildman–Crippen MR) is 127 cm³/mol. The van der Waals surface area contributed by atoms with Crippen LogP contribution in [0.25, 0.3) is 6.08 Å². The fraction of sp³-hybridized carbons (Fsp3) is 0.333. The Morgan fingerprint density at radius 2 is 1.81 bits per heavy atom. The molecule has 3 amide bonds. The number of rotatable bonds is 5. The third-order valence-corrected chi connectivity index (χ3v) is 6.32. The molecule has 8 heteroatoms. The molecule has 2 aromatic rings. The first-order valence-electron chi connectivity index (χ1n) is 10.8. The summed E-state index contributed by atoms with van der Waals surface area (Å²) >= 11 is 3.32. The van der Waals surface area contributed by atoms with Crippen LogP contribution in [0, 0.1) is 5.92 Å². The van der Waals surface area contributed by atoms with E-state index < -0.39 is 0 Å². The quantitative estimate of drug-likeness (QED) is 0.637. The maximum Gasteiger partial charge on any atom is 0.246 e. The molecule has 0 unspecified atom stereocenters. The number of hydrogen-bond donors (Lipinski definition) is 1. The van der Waals surface area contributed by atoms with Crippen LogP contribution in [-0.4, -0.2) is 47.2 Å². The number of halogens is 1. The fourth-order valence-corrected chi connectivity index (χ4v) is 4.23. The largest absolute Gasteiger partial charge is 0.339 e. The number of amides is 3. The van der Waals surface area contributed by atoms with Crippen LogP contribution in [-0.2, 0) is 14.4 Å². The minimum Gasteiger partial charge on any atom is -0.339 e. The van der Waals surface area contributed by atoms with Gasteiger partial charge in [0.2, 0.25) is 17.7 Å². The molecule has 0 atom stereocenters. The van der Waals surface area contributed by atoms with Crippen molar-refractivity contribution in [2.75, 3.05) is 29.9 Å². The van der Waals surface area contributed by atoms with Crippen LogP contribution in [0.1, 0.15) is 31.2 Å². The molecule has 7 nitrogen and oxygen atoms in total. The van der Waals surface area contributed by atoms with Gasteiger partial charge in [-0.1, -0.05) is 12.1 Å². The number of benzene rings is 1. The summed E-state index contributed by atoms with van der Waals surface area (Å²) in [5.74, 6) is 0.444. The maximum atomic E-state index is 12.6. The molecule has 4 rings (SSSR count). The van der Waals surface area contributed by atoms with E-state index in [1.165, 1.54) is 0 Å². The first kappa shape index (κ1) is 22.2. The number of nitrogens with one attached hydrogen (secondary N) is 1. The number of pyridine rings is 1. The molecule has 166 valence electrons. The molecule has 2 saturated heterocycles. The Kier molecular flexibility index (Phi) is 6.99. The van der Waals surface area contributed by atoms with Gasteiger partial charge < -0.3 is 15.1 Å². The standard InChI is InChI=1S/C24H25BrN4O3/c25-19-6-9-21(26-16-19)27-24(32)18-11-14-28(15-12-18)22(30)10-5-17-3-7-20(8-4-17)29-13-1-2-23(29)31/h3-10,16,18H,1-2,11-15H2,(H,26,27,32)/b10-5+. The van der Waals surface area contributed by atoms with E-state index in [9.17, 15) is 14.4 Å². The summed E-state index contributed by atoms with van der Waals surface area (Å²) in [4.78, 5) is 44.6. The van der Waals surface area contributed by atoms with Gasteiger partial charge in [-0.3, -0.25) is 14.4 Å². The second-order valence-corrected chi connectivity index (χ2v) is 8.94. The summed E-state index contributed by atoms with van der Waals surface area (Å²) in [5, 5.41) is 2.84. The average molecular weight is 497 g/mol. The first-order chi connectivity index (χ1) is 15.5. The molecule has 1 aromatic heterocycles. The van der Waals surface area contributed by atoms with Crippen molar-refractivity contribution < 1.29 is 14.4 Å². The van der Waals surface area contributed by atoms with Crippen LogP contribution in [0.2, 0.25) is 0 Å². The molecule has 0 radical (unpaired) electrons. The van der Waals surface area contributed by atoms with Crippen molar-refractivity contribution in [3.05, 3.63) is 58.7 Å². The van der Waals surface area contributed by atoms with E-state index in [1.54, 1.807) is 34.2 Å². The van der Waals surface area contributed by atoms with Crippen molar-refractivity contribution in [1.29, 1.82) is 0 Å². The molecule has 0 bridgehead atoms. The van der Waals surface area contributed by atoms with Gasteiger partial charge in [0, 0.05) is 54.4 Å². The summed E-state index contributed by atoms with van der Waals surface area (Å²) in [6.07, 6.45) is 7.76. The summed E-state index contributed by atoms with van der Waals surface area (Å²) in [7, 11) is 0. The van der Waals surface area contributed by atoms with E-state index >= 15 is 0 Å². The van der Waals surface area contributed by atoms with Gasteiger partial charge in [-0.15, -0.1) is 0 Å². The van der Waals surface area contributed by atoms with Crippen molar-refractivity contribution in [2.45, 2.75) is 25.7 Å². The number of aromatic nitrogens is 1. The van der Waals surface area contributed by atoms with Crippen LogP contribution < -0.4 is 10.2 Å². The van der Waals surface area contributed by atoms with E-state index in [0.717, 1.165) is 28.7 Å². The number of likely N-dealkylation sites (tertiary alicyclic amines) is 1. The summed E-state index contributed by atoms with van der Waals surface area (Å²) in [5.41, 5.74) is 1.81. The maximum absolute atomic E-state index is 12.6. The molecule has 2 fully saturated rings. The number of hydrogen-bond acceptors (Lipinski definition) is 4. The van der Waals surface area contributed by atoms with Crippen LogP contribution in [0.4, 0.5) is 11.5 Å². The van der Waals surface area contributed by atoms with Gasteiger partial charge in [-0.2, -0.15) is 0 Å². The third-order valence-electron chi connectivity index (χ3n) is 5.85. The monoisotopic (exact) mass is 496 g/mol. The molecular weight excluding hydrogens is 472 g/mol. The van der Waals surface area contributed by atoms with Gasteiger partial charge in [0.25, 0.3) is 0 Å². The number of nitrogens with zero attached hydrogens (tertiary/aromatic N) is 3. The second kappa shape index (κ2) is 10.1. The summed E-state index contributed by atoms with van der Waals surface area (Å²) in [6.45, 7) is 1.86. The zero-order chi connectivity index (χ0) is 22.5. The summed E-state index contributed by atoms with van der Waals surface area (Å²) in [6, 6.07) is 11.2. The SMILES string of the molecule is O=C(Nc1ccc(Br)cn1)C1CCN(C(=O)/C=C/c2ccc(N3CCCC3=O)cc2)CC1. The lowest BCUT2D eigenvalue weighted by atomic mass is 9.96. The number of piperidine rings is 1. The summed E-state index contributed by atoms with van der Waals surface area (Å²) < 4.78 is 0.855.